The molecule has 2 heteroatoms. The number of hydrogen-bond donors (Lipinski definition) is 0. The van der Waals surface area contributed by atoms with Crippen LogP contribution in [0.25, 0.3) is 66.1 Å². The van der Waals surface area contributed by atoms with Crippen molar-refractivity contribution in [2.75, 3.05) is 4.90 Å². The number of furan rings is 1. The van der Waals surface area contributed by atoms with E-state index in [1.807, 2.05) is 12.1 Å². The summed E-state index contributed by atoms with van der Waals surface area (Å²) in [4.78, 5) is 2.42. The Morgan fingerprint density at radius 3 is 1.92 bits per heavy atom. The Kier molecular flexibility index (Phi) is 6.56. The summed E-state index contributed by atoms with van der Waals surface area (Å²) in [5, 5.41) is 4.68. The molecule has 0 unspecified atom stereocenters. The summed E-state index contributed by atoms with van der Waals surface area (Å²) in [5.41, 5.74) is 15.3. The van der Waals surface area contributed by atoms with Crippen molar-refractivity contribution in [3.63, 3.8) is 0 Å². The average molecular weight is 654 g/mol. The van der Waals surface area contributed by atoms with Crippen LogP contribution in [-0.2, 0) is 5.41 Å². The number of para-hydroxylation sites is 2. The van der Waals surface area contributed by atoms with Gasteiger partial charge in [0.25, 0.3) is 0 Å². The van der Waals surface area contributed by atoms with Crippen LogP contribution in [0.3, 0.4) is 0 Å². The third kappa shape index (κ3) is 4.57. The lowest BCUT2D eigenvalue weighted by Crippen LogP contribution is -2.16. The summed E-state index contributed by atoms with van der Waals surface area (Å²) in [5.74, 6) is 0. The molecule has 0 N–H and O–H groups in total. The van der Waals surface area contributed by atoms with Gasteiger partial charge in [0.2, 0.25) is 0 Å². The zero-order valence-corrected chi connectivity index (χ0v) is 28.6. The molecule has 2 nitrogen and oxygen atoms in total. The molecule has 0 amide bonds. The van der Waals surface area contributed by atoms with Gasteiger partial charge in [-0.3, -0.25) is 0 Å². The quantitative estimate of drug-likeness (QED) is 0.184. The first-order valence-electron chi connectivity index (χ1n) is 17.7. The van der Waals surface area contributed by atoms with E-state index in [9.17, 15) is 0 Å². The number of fused-ring (bicyclic) bond motifs is 7. The minimum Gasteiger partial charge on any atom is -0.456 e. The van der Waals surface area contributed by atoms with E-state index in [0.29, 0.717) is 0 Å². The van der Waals surface area contributed by atoms with E-state index in [1.165, 1.54) is 44.2 Å². The maximum atomic E-state index is 6.35. The van der Waals surface area contributed by atoms with Gasteiger partial charge in [0.1, 0.15) is 11.2 Å². The zero-order valence-electron chi connectivity index (χ0n) is 28.6. The predicted octanol–water partition coefficient (Wildman–Crippen LogP) is 13.8. The maximum absolute atomic E-state index is 6.35. The van der Waals surface area contributed by atoms with Gasteiger partial charge in [0.05, 0.1) is 11.4 Å². The molecule has 51 heavy (non-hydrogen) atoms. The lowest BCUT2D eigenvalue weighted by atomic mass is 9.79. The van der Waals surface area contributed by atoms with Crippen molar-refractivity contribution < 1.29 is 4.42 Å². The van der Waals surface area contributed by atoms with Gasteiger partial charge in [-0.15, -0.1) is 0 Å². The Hall–Kier alpha value is -6.38. The van der Waals surface area contributed by atoms with Gasteiger partial charge in [-0.05, 0) is 86.8 Å². The van der Waals surface area contributed by atoms with Crippen LogP contribution in [-0.4, -0.2) is 0 Å². The third-order valence-corrected chi connectivity index (χ3v) is 10.9. The molecule has 0 spiro atoms. The van der Waals surface area contributed by atoms with Crippen LogP contribution in [0.5, 0.6) is 0 Å². The Balaban J connectivity index is 1.14. The van der Waals surface area contributed by atoms with Gasteiger partial charge in [-0.2, -0.15) is 0 Å². The molecule has 1 heterocycles. The molecule has 0 aliphatic heterocycles. The Morgan fingerprint density at radius 2 is 1.04 bits per heavy atom. The lowest BCUT2D eigenvalue weighted by molar-refractivity contribution is 0.662. The minimum atomic E-state index is -0.0872. The van der Waals surface area contributed by atoms with Crippen molar-refractivity contribution in [3.05, 3.63) is 187 Å². The molecule has 0 atom stereocenters. The zero-order chi connectivity index (χ0) is 34.1. The van der Waals surface area contributed by atoms with Crippen LogP contribution in [0, 0.1) is 0 Å². The molecule has 1 aromatic heterocycles. The van der Waals surface area contributed by atoms with E-state index in [2.05, 4.69) is 183 Å². The first kappa shape index (κ1) is 29.5. The van der Waals surface area contributed by atoms with Gasteiger partial charge < -0.3 is 9.32 Å². The van der Waals surface area contributed by atoms with Gasteiger partial charge in [0.15, 0.2) is 0 Å². The maximum Gasteiger partial charge on any atom is 0.136 e. The van der Waals surface area contributed by atoms with E-state index in [-0.39, 0.29) is 5.41 Å². The molecule has 0 bridgehead atoms. The second-order valence-electron chi connectivity index (χ2n) is 14.1. The smallest absolute Gasteiger partial charge is 0.136 e. The first-order chi connectivity index (χ1) is 25.1. The van der Waals surface area contributed by atoms with E-state index < -0.39 is 0 Å². The topological polar surface area (TPSA) is 16.4 Å². The van der Waals surface area contributed by atoms with E-state index in [0.717, 1.165) is 50.1 Å². The van der Waals surface area contributed by atoms with E-state index in [4.69, 9.17) is 4.42 Å². The summed E-state index contributed by atoms with van der Waals surface area (Å²) in [6.45, 7) is 4.72. The van der Waals surface area contributed by atoms with Crippen molar-refractivity contribution in [3.8, 4) is 33.4 Å². The number of hydrogen-bond acceptors (Lipinski definition) is 2. The second-order valence-corrected chi connectivity index (χ2v) is 14.1. The highest BCUT2D eigenvalue weighted by Crippen LogP contribution is 2.52. The summed E-state index contributed by atoms with van der Waals surface area (Å²) in [6.07, 6.45) is 0. The molecule has 8 aromatic carbocycles. The summed E-state index contributed by atoms with van der Waals surface area (Å²) < 4.78 is 6.35. The molecular weight excluding hydrogens is 619 g/mol. The molecule has 1 aliphatic carbocycles. The highest BCUT2D eigenvalue weighted by molar-refractivity contribution is 6.07. The molecule has 242 valence electrons. The summed E-state index contributed by atoms with van der Waals surface area (Å²) in [6, 6.07) is 63.6. The normalized spacial score (nSPS) is 13.1. The molecule has 0 saturated heterocycles. The lowest BCUT2D eigenvalue weighted by Gasteiger charge is -2.29. The largest absolute Gasteiger partial charge is 0.456 e. The van der Waals surface area contributed by atoms with Crippen molar-refractivity contribution >= 4 is 49.8 Å². The van der Waals surface area contributed by atoms with E-state index in [1.54, 1.807) is 0 Å². The third-order valence-electron chi connectivity index (χ3n) is 10.9. The van der Waals surface area contributed by atoms with Crippen LogP contribution < -0.4 is 4.90 Å². The Morgan fingerprint density at radius 1 is 0.431 bits per heavy atom. The van der Waals surface area contributed by atoms with Crippen molar-refractivity contribution in [1.82, 2.24) is 0 Å². The van der Waals surface area contributed by atoms with Gasteiger partial charge >= 0.3 is 0 Å². The van der Waals surface area contributed by atoms with Crippen LogP contribution >= 0.6 is 0 Å². The molecule has 0 radical (unpaired) electrons. The fourth-order valence-corrected chi connectivity index (χ4v) is 8.50. The number of benzene rings is 8. The first-order valence-corrected chi connectivity index (χ1v) is 17.7. The van der Waals surface area contributed by atoms with Gasteiger partial charge in [-0.1, -0.05) is 147 Å². The average Bonchev–Trinajstić information content (AvgIpc) is 3.67. The van der Waals surface area contributed by atoms with Crippen molar-refractivity contribution in [2.24, 2.45) is 0 Å². The van der Waals surface area contributed by atoms with Crippen molar-refractivity contribution in [1.29, 1.82) is 0 Å². The standard InChI is InChI=1S/C49H35NO/c1-49(2)43-21-8-5-17-39(43)42-20-12-19-38(48(42)49)33-25-28-35(29-26-33)50(45-23-11-14-32-13-3-4-15-36(32)45)44-22-9-6-16-37(44)34-27-30-41-40-18-7-10-24-46(40)51-47(41)31-34/h3-31H,1-2H3. The molecule has 10 rings (SSSR count). The summed E-state index contributed by atoms with van der Waals surface area (Å²) >= 11 is 0. The number of anilines is 3. The monoisotopic (exact) mass is 653 g/mol. The fraction of sp³-hybridized carbons (Fsp3) is 0.0612. The van der Waals surface area contributed by atoms with Crippen molar-refractivity contribution in [2.45, 2.75) is 19.3 Å². The minimum absolute atomic E-state index is 0.0872. The number of rotatable bonds is 5. The number of nitrogens with zero attached hydrogens (tertiary/aromatic N) is 1. The highest BCUT2D eigenvalue weighted by atomic mass is 16.3. The van der Waals surface area contributed by atoms with Crippen LogP contribution in [0.2, 0.25) is 0 Å². The predicted molar refractivity (Wildman–Crippen MR) is 214 cm³/mol. The van der Waals surface area contributed by atoms with Crippen LogP contribution in [0.4, 0.5) is 17.1 Å². The highest BCUT2D eigenvalue weighted by Gasteiger charge is 2.37. The molecule has 9 aromatic rings. The van der Waals surface area contributed by atoms with Gasteiger partial charge in [-0.25, -0.2) is 0 Å². The molecule has 0 saturated carbocycles. The summed E-state index contributed by atoms with van der Waals surface area (Å²) in [7, 11) is 0. The van der Waals surface area contributed by atoms with E-state index >= 15 is 0 Å². The van der Waals surface area contributed by atoms with Crippen LogP contribution in [0.15, 0.2) is 180 Å². The van der Waals surface area contributed by atoms with Crippen LogP contribution in [0.1, 0.15) is 25.0 Å². The Labute approximate surface area is 297 Å². The molecular formula is C49H35NO. The Bertz CT molecular complexity index is 2780. The molecule has 0 fully saturated rings. The fourth-order valence-electron chi connectivity index (χ4n) is 8.50. The SMILES string of the molecule is CC1(C)c2ccccc2-c2cccc(-c3ccc(N(c4ccccc4-c4ccc5c(c4)oc4ccccc45)c4cccc5ccccc45)cc3)c21. The van der Waals surface area contributed by atoms with Gasteiger partial charge in [0, 0.05) is 32.8 Å². The second kappa shape index (κ2) is 11.3. The molecule has 1 aliphatic rings.